The van der Waals surface area contributed by atoms with Crippen molar-refractivity contribution in [3.8, 4) is 0 Å². The molecule has 1 saturated carbocycles. The highest BCUT2D eigenvalue weighted by Gasteiger charge is 2.16. The summed E-state index contributed by atoms with van der Waals surface area (Å²) in [6, 6.07) is 5.55. The minimum absolute atomic E-state index is 0.357. The Balaban J connectivity index is 2.05. The Morgan fingerprint density at radius 1 is 1.14 bits per heavy atom. The van der Waals surface area contributed by atoms with Crippen LogP contribution in [0.3, 0.4) is 0 Å². The molecule has 0 radical (unpaired) electrons. The van der Waals surface area contributed by atoms with Crippen molar-refractivity contribution >= 4 is 15.7 Å². The van der Waals surface area contributed by atoms with Gasteiger partial charge in [0.2, 0.25) is 10.0 Å². The summed E-state index contributed by atoms with van der Waals surface area (Å²) in [5.74, 6) is 0.707. The van der Waals surface area contributed by atoms with E-state index >= 15 is 0 Å². The largest absolute Gasteiger partial charge is 0.385 e. The quantitative estimate of drug-likeness (QED) is 0.821. The van der Waals surface area contributed by atoms with Crippen LogP contribution in [-0.4, -0.2) is 22.0 Å². The van der Waals surface area contributed by atoms with Gasteiger partial charge in [-0.15, -0.1) is 0 Å². The molecule has 2 N–H and O–H groups in total. The lowest BCUT2D eigenvalue weighted by Crippen LogP contribution is -2.20. The van der Waals surface area contributed by atoms with Crippen molar-refractivity contribution in [2.75, 3.05) is 18.9 Å². The zero-order valence-corrected chi connectivity index (χ0v) is 13.8. The fourth-order valence-electron chi connectivity index (χ4n) is 2.94. The van der Waals surface area contributed by atoms with Crippen molar-refractivity contribution in [2.24, 2.45) is 5.92 Å². The molecule has 1 aromatic carbocycles. The molecule has 118 valence electrons. The summed E-state index contributed by atoms with van der Waals surface area (Å²) in [5, 5.41) is 3.41. The lowest BCUT2D eigenvalue weighted by atomic mass is 10.0. The van der Waals surface area contributed by atoms with E-state index in [1.807, 2.05) is 19.1 Å². The molecule has 21 heavy (non-hydrogen) atoms. The third-order valence-electron chi connectivity index (χ3n) is 4.32. The Labute approximate surface area is 128 Å². The molecule has 0 atom stereocenters. The zero-order chi connectivity index (χ0) is 15.3. The second kappa shape index (κ2) is 7.27. The molecule has 0 spiro atoms. The first-order valence-electron chi connectivity index (χ1n) is 7.81. The van der Waals surface area contributed by atoms with E-state index in [0.717, 1.165) is 17.8 Å². The zero-order valence-electron chi connectivity index (χ0n) is 13.0. The van der Waals surface area contributed by atoms with Crippen LogP contribution in [0, 0.1) is 12.8 Å². The minimum atomic E-state index is -3.39. The van der Waals surface area contributed by atoms with Gasteiger partial charge in [0, 0.05) is 12.2 Å². The fraction of sp³-hybridized carbons (Fsp3) is 0.625. The van der Waals surface area contributed by atoms with E-state index in [4.69, 9.17) is 0 Å². The van der Waals surface area contributed by atoms with Crippen molar-refractivity contribution in [3.05, 3.63) is 23.8 Å². The average Bonchev–Trinajstić information content (AvgIpc) is 2.75. The summed E-state index contributed by atoms with van der Waals surface area (Å²) in [4.78, 5) is 0.357. The van der Waals surface area contributed by atoms with Crippen LogP contribution in [0.5, 0.6) is 0 Å². The molecule has 0 aliphatic heterocycles. The third-order valence-corrected chi connectivity index (χ3v) is 5.87. The molecule has 0 aromatic heterocycles. The normalized spacial score (nSPS) is 17.4. The molecule has 0 bridgehead atoms. The van der Waals surface area contributed by atoms with Crippen molar-refractivity contribution in [2.45, 2.75) is 50.3 Å². The van der Waals surface area contributed by atoms with Crippen molar-refractivity contribution < 1.29 is 8.42 Å². The summed E-state index contributed by atoms with van der Waals surface area (Å²) in [7, 11) is -1.95. The van der Waals surface area contributed by atoms with E-state index in [-0.39, 0.29) is 0 Å². The number of hydrogen-bond acceptors (Lipinski definition) is 3. The van der Waals surface area contributed by atoms with Gasteiger partial charge in [0.1, 0.15) is 0 Å². The van der Waals surface area contributed by atoms with Gasteiger partial charge in [0.05, 0.1) is 4.90 Å². The van der Waals surface area contributed by atoms with E-state index in [2.05, 4.69) is 10.0 Å². The summed E-state index contributed by atoms with van der Waals surface area (Å²) in [5.41, 5.74) is 1.66. The highest BCUT2D eigenvalue weighted by molar-refractivity contribution is 7.89. The molecule has 1 aliphatic carbocycles. The Bertz CT molecular complexity index is 562. The smallest absolute Gasteiger partial charge is 0.240 e. The number of aryl methyl sites for hydroxylation is 1. The highest BCUT2D eigenvalue weighted by atomic mass is 32.2. The number of anilines is 1. The van der Waals surface area contributed by atoms with Crippen LogP contribution in [0.1, 0.15) is 44.1 Å². The first-order valence-corrected chi connectivity index (χ1v) is 9.29. The van der Waals surface area contributed by atoms with Gasteiger partial charge in [-0.3, -0.25) is 0 Å². The van der Waals surface area contributed by atoms with Gasteiger partial charge >= 0.3 is 0 Å². The van der Waals surface area contributed by atoms with Gasteiger partial charge in [-0.25, -0.2) is 13.1 Å². The standard InChI is InChI=1S/C16H26N2O2S/c1-13-9-10-15(11-16(13)21(19,20)17-2)18-12-14-7-5-3-4-6-8-14/h9-11,14,17-18H,3-8,12H2,1-2H3. The van der Waals surface area contributed by atoms with Gasteiger partial charge in [-0.05, 0) is 50.4 Å². The number of hydrogen-bond donors (Lipinski definition) is 2. The topological polar surface area (TPSA) is 58.2 Å². The van der Waals surface area contributed by atoms with Crippen molar-refractivity contribution in [1.29, 1.82) is 0 Å². The van der Waals surface area contributed by atoms with Crippen LogP contribution in [0.15, 0.2) is 23.1 Å². The molecule has 0 heterocycles. The van der Waals surface area contributed by atoms with Gasteiger partial charge in [-0.1, -0.05) is 31.7 Å². The maximum Gasteiger partial charge on any atom is 0.240 e. The lowest BCUT2D eigenvalue weighted by molar-refractivity contribution is 0.483. The van der Waals surface area contributed by atoms with E-state index in [1.54, 1.807) is 6.07 Å². The molecule has 0 unspecified atom stereocenters. The maximum absolute atomic E-state index is 12.0. The molecule has 4 nitrogen and oxygen atoms in total. The molecule has 1 aliphatic rings. The molecule has 5 heteroatoms. The van der Waals surface area contributed by atoms with Crippen LogP contribution < -0.4 is 10.0 Å². The Hall–Kier alpha value is -1.07. The number of nitrogens with one attached hydrogen (secondary N) is 2. The van der Waals surface area contributed by atoms with Gasteiger partial charge < -0.3 is 5.32 Å². The molecule has 0 amide bonds. The second-order valence-corrected chi connectivity index (χ2v) is 7.78. The SMILES string of the molecule is CNS(=O)(=O)c1cc(NCC2CCCCCC2)ccc1C. The van der Waals surface area contributed by atoms with Gasteiger partial charge in [0.15, 0.2) is 0 Å². The number of rotatable bonds is 5. The fourth-order valence-corrected chi connectivity index (χ4v) is 3.93. The van der Waals surface area contributed by atoms with E-state index in [0.29, 0.717) is 10.8 Å². The first kappa shape index (κ1) is 16.3. The Morgan fingerprint density at radius 2 is 1.81 bits per heavy atom. The average molecular weight is 310 g/mol. The molecular formula is C16H26N2O2S. The number of benzene rings is 1. The van der Waals surface area contributed by atoms with Crippen molar-refractivity contribution in [3.63, 3.8) is 0 Å². The third kappa shape index (κ3) is 4.45. The molecule has 1 fully saturated rings. The molecule has 2 rings (SSSR count). The molecule has 1 aromatic rings. The summed E-state index contributed by atoms with van der Waals surface area (Å²) < 4.78 is 26.4. The van der Waals surface area contributed by atoms with Crippen LogP contribution in [-0.2, 0) is 10.0 Å². The predicted octanol–water partition coefficient (Wildman–Crippen LogP) is 3.29. The van der Waals surface area contributed by atoms with Gasteiger partial charge in [0.25, 0.3) is 0 Å². The van der Waals surface area contributed by atoms with Crippen LogP contribution in [0.2, 0.25) is 0 Å². The van der Waals surface area contributed by atoms with E-state index < -0.39 is 10.0 Å². The second-order valence-electron chi connectivity index (χ2n) is 5.93. The highest BCUT2D eigenvalue weighted by Crippen LogP contribution is 2.24. The Kier molecular flexibility index (Phi) is 5.65. The lowest BCUT2D eigenvalue weighted by Gasteiger charge is -2.17. The van der Waals surface area contributed by atoms with Gasteiger partial charge in [-0.2, -0.15) is 0 Å². The van der Waals surface area contributed by atoms with E-state index in [1.165, 1.54) is 45.6 Å². The summed E-state index contributed by atoms with van der Waals surface area (Å²) in [6.45, 7) is 2.75. The maximum atomic E-state index is 12.0. The van der Waals surface area contributed by atoms with Crippen molar-refractivity contribution in [1.82, 2.24) is 4.72 Å². The van der Waals surface area contributed by atoms with Crippen LogP contribution in [0.4, 0.5) is 5.69 Å². The predicted molar refractivity (Wildman–Crippen MR) is 87.1 cm³/mol. The monoisotopic (exact) mass is 310 g/mol. The number of sulfonamides is 1. The Morgan fingerprint density at radius 3 is 2.43 bits per heavy atom. The van der Waals surface area contributed by atoms with E-state index in [9.17, 15) is 8.42 Å². The van der Waals surface area contributed by atoms with Crippen LogP contribution in [0.25, 0.3) is 0 Å². The first-order chi connectivity index (χ1) is 10.0. The molecular weight excluding hydrogens is 284 g/mol. The van der Waals surface area contributed by atoms with Crippen LogP contribution >= 0.6 is 0 Å². The summed E-state index contributed by atoms with van der Waals surface area (Å²) >= 11 is 0. The molecule has 0 saturated heterocycles. The minimum Gasteiger partial charge on any atom is -0.385 e. The summed E-state index contributed by atoms with van der Waals surface area (Å²) in [6.07, 6.45) is 7.90.